The van der Waals surface area contributed by atoms with E-state index >= 15 is 0 Å². The molecule has 130 valence electrons. The maximum absolute atomic E-state index is 12.6. The Labute approximate surface area is 149 Å². The quantitative estimate of drug-likeness (QED) is 0.879. The average Bonchev–Trinajstić information content (AvgIpc) is 2.55. The van der Waals surface area contributed by atoms with Crippen LogP contribution in [0.3, 0.4) is 0 Å². The molecule has 1 fully saturated rings. The number of amides is 2. The van der Waals surface area contributed by atoms with E-state index in [0.29, 0.717) is 35.0 Å². The number of aliphatic carboxylic acids is 1. The Balaban J connectivity index is 2.06. The molecule has 0 bridgehead atoms. The third kappa shape index (κ3) is 4.39. The summed E-state index contributed by atoms with van der Waals surface area (Å²) in [7, 11) is 1.45. The third-order valence-electron chi connectivity index (χ3n) is 3.97. The minimum absolute atomic E-state index is 0.216. The summed E-state index contributed by atoms with van der Waals surface area (Å²) in [5, 5.41) is 9.46. The van der Waals surface area contributed by atoms with Crippen LogP contribution in [-0.2, 0) is 9.59 Å². The lowest BCUT2D eigenvalue weighted by molar-refractivity contribution is -0.145. The number of carboxylic acids is 1. The smallest absolute Gasteiger partial charge is 0.323 e. The molecule has 1 saturated heterocycles. The Hall–Kier alpha value is -1.79. The number of likely N-dealkylation sites (tertiary alicyclic amines) is 1. The SMILES string of the molecule is CN(CC(=O)O)C(=O)C1CCCN(C(=O)c2ccc(Cl)c(Cl)c2)C1. The Bertz CT molecular complexity index is 665. The maximum atomic E-state index is 12.6. The molecule has 0 aliphatic carbocycles. The summed E-state index contributed by atoms with van der Waals surface area (Å²) in [6, 6.07) is 4.66. The van der Waals surface area contributed by atoms with Crippen LogP contribution in [0, 0.1) is 5.92 Å². The van der Waals surface area contributed by atoms with Gasteiger partial charge in [-0.2, -0.15) is 0 Å². The van der Waals surface area contributed by atoms with E-state index in [2.05, 4.69) is 0 Å². The maximum Gasteiger partial charge on any atom is 0.323 e. The van der Waals surface area contributed by atoms with E-state index in [1.807, 2.05) is 0 Å². The predicted octanol–water partition coefficient (Wildman–Crippen LogP) is 2.39. The van der Waals surface area contributed by atoms with Gasteiger partial charge in [0, 0.05) is 25.7 Å². The summed E-state index contributed by atoms with van der Waals surface area (Å²) < 4.78 is 0. The fourth-order valence-corrected chi connectivity index (χ4v) is 3.07. The molecule has 1 N–H and O–H groups in total. The molecule has 2 amide bonds. The number of carboxylic acid groups (broad SMARTS) is 1. The summed E-state index contributed by atoms with van der Waals surface area (Å²) in [4.78, 5) is 38.4. The average molecular weight is 373 g/mol. The van der Waals surface area contributed by atoms with Gasteiger partial charge in [-0.25, -0.2) is 0 Å². The molecule has 8 heteroatoms. The Morgan fingerprint density at radius 2 is 2.00 bits per heavy atom. The zero-order valence-electron chi connectivity index (χ0n) is 13.2. The van der Waals surface area contributed by atoms with Crippen molar-refractivity contribution in [3.63, 3.8) is 0 Å². The predicted molar refractivity (Wildman–Crippen MR) is 90.4 cm³/mol. The minimum Gasteiger partial charge on any atom is -0.480 e. The molecular weight excluding hydrogens is 355 g/mol. The number of halogens is 2. The molecule has 1 atom stereocenters. The number of benzene rings is 1. The molecule has 2 rings (SSSR count). The topological polar surface area (TPSA) is 77.9 Å². The number of rotatable bonds is 4. The first kappa shape index (κ1) is 18.5. The fourth-order valence-electron chi connectivity index (χ4n) is 2.77. The van der Waals surface area contributed by atoms with E-state index in [1.165, 1.54) is 18.0 Å². The lowest BCUT2D eigenvalue weighted by Gasteiger charge is -2.33. The summed E-state index contributed by atoms with van der Waals surface area (Å²) in [5.74, 6) is -1.93. The van der Waals surface area contributed by atoms with Crippen molar-refractivity contribution >= 4 is 41.0 Å². The monoisotopic (exact) mass is 372 g/mol. The van der Waals surface area contributed by atoms with Crippen molar-refractivity contribution in [1.29, 1.82) is 0 Å². The van der Waals surface area contributed by atoms with Crippen molar-refractivity contribution in [2.24, 2.45) is 5.92 Å². The van der Waals surface area contributed by atoms with E-state index in [-0.39, 0.29) is 24.9 Å². The lowest BCUT2D eigenvalue weighted by Crippen LogP contribution is -2.46. The number of hydrogen-bond acceptors (Lipinski definition) is 3. The van der Waals surface area contributed by atoms with Crippen LogP contribution in [0.1, 0.15) is 23.2 Å². The van der Waals surface area contributed by atoms with Gasteiger partial charge in [0.2, 0.25) is 5.91 Å². The summed E-state index contributed by atoms with van der Waals surface area (Å²) in [6.45, 7) is 0.462. The molecule has 1 aliphatic rings. The molecule has 0 aromatic heterocycles. The molecule has 0 saturated carbocycles. The van der Waals surface area contributed by atoms with Crippen LogP contribution >= 0.6 is 23.2 Å². The highest BCUT2D eigenvalue weighted by atomic mass is 35.5. The van der Waals surface area contributed by atoms with Gasteiger partial charge in [-0.05, 0) is 31.0 Å². The van der Waals surface area contributed by atoms with Gasteiger partial charge < -0.3 is 14.9 Å². The minimum atomic E-state index is -1.06. The van der Waals surface area contributed by atoms with Gasteiger partial charge in [0.1, 0.15) is 6.54 Å². The van der Waals surface area contributed by atoms with Crippen LogP contribution in [-0.4, -0.2) is 59.4 Å². The largest absolute Gasteiger partial charge is 0.480 e. The zero-order chi connectivity index (χ0) is 17.9. The van der Waals surface area contributed by atoms with Crippen LogP contribution < -0.4 is 0 Å². The first-order valence-electron chi connectivity index (χ1n) is 7.50. The Morgan fingerprint density at radius 3 is 2.62 bits per heavy atom. The first-order chi connectivity index (χ1) is 11.3. The van der Waals surface area contributed by atoms with E-state index < -0.39 is 11.9 Å². The van der Waals surface area contributed by atoms with Crippen LogP contribution in [0.5, 0.6) is 0 Å². The van der Waals surface area contributed by atoms with E-state index in [4.69, 9.17) is 28.3 Å². The zero-order valence-corrected chi connectivity index (χ0v) is 14.7. The second kappa shape index (κ2) is 7.85. The lowest BCUT2D eigenvalue weighted by atomic mass is 9.96. The normalized spacial score (nSPS) is 17.5. The van der Waals surface area contributed by atoms with Gasteiger partial charge in [0.15, 0.2) is 0 Å². The highest BCUT2D eigenvalue weighted by Gasteiger charge is 2.31. The van der Waals surface area contributed by atoms with Crippen molar-refractivity contribution in [1.82, 2.24) is 9.80 Å². The van der Waals surface area contributed by atoms with E-state index in [1.54, 1.807) is 17.0 Å². The highest BCUT2D eigenvalue weighted by Crippen LogP contribution is 2.25. The van der Waals surface area contributed by atoms with Gasteiger partial charge >= 0.3 is 5.97 Å². The molecule has 1 unspecified atom stereocenters. The van der Waals surface area contributed by atoms with Gasteiger partial charge in [-0.15, -0.1) is 0 Å². The summed E-state index contributed by atoms with van der Waals surface area (Å²) >= 11 is 11.8. The molecule has 1 heterocycles. The van der Waals surface area contributed by atoms with Crippen molar-refractivity contribution in [2.45, 2.75) is 12.8 Å². The molecule has 1 aromatic rings. The van der Waals surface area contributed by atoms with Crippen molar-refractivity contribution in [3.8, 4) is 0 Å². The number of carbonyl (C=O) groups is 3. The Kier molecular flexibility index (Phi) is 6.07. The number of nitrogens with zero attached hydrogens (tertiary/aromatic N) is 2. The summed E-state index contributed by atoms with van der Waals surface area (Å²) in [5.41, 5.74) is 0.413. The van der Waals surface area contributed by atoms with Crippen molar-refractivity contribution in [2.75, 3.05) is 26.7 Å². The summed E-state index contributed by atoms with van der Waals surface area (Å²) in [6.07, 6.45) is 1.32. The molecular formula is C16H18Cl2N2O4. The van der Waals surface area contributed by atoms with Gasteiger partial charge in [0.25, 0.3) is 5.91 Å². The van der Waals surface area contributed by atoms with Crippen LogP contribution in [0.15, 0.2) is 18.2 Å². The second-order valence-electron chi connectivity index (χ2n) is 5.81. The van der Waals surface area contributed by atoms with Crippen molar-refractivity contribution < 1.29 is 19.5 Å². The number of likely N-dealkylation sites (N-methyl/N-ethyl adjacent to an activating group) is 1. The molecule has 0 spiro atoms. The second-order valence-corrected chi connectivity index (χ2v) is 6.62. The van der Waals surface area contributed by atoms with E-state index in [0.717, 1.165) is 0 Å². The molecule has 1 aliphatic heterocycles. The van der Waals surface area contributed by atoms with Crippen LogP contribution in [0.2, 0.25) is 10.0 Å². The number of piperidine rings is 1. The van der Waals surface area contributed by atoms with Gasteiger partial charge in [-0.3, -0.25) is 14.4 Å². The molecule has 6 nitrogen and oxygen atoms in total. The standard InChI is InChI=1S/C16H18Cl2N2O4/c1-19(9-14(21)22)15(23)11-3-2-6-20(8-11)16(24)10-4-5-12(17)13(18)7-10/h4-5,7,11H,2-3,6,8-9H2,1H3,(H,21,22). The van der Waals surface area contributed by atoms with Crippen LogP contribution in [0.25, 0.3) is 0 Å². The first-order valence-corrected chi connectivity index (χ1v) is 8.26. The van der Waals surface area contributed by atoms with Gasteiger partial charge in [0.05, 0.1) is 16.0 Å². The van der Waals surface area contributed by atoms with Crippen LogP contribution in [0.4, 0.5) is 0 Å². The third-order valence-corrected chi connectivity index (χ3v) is 4.71. The highest BCUT2D eigenvalue weighted by molar-refractivity contribution is 6.42. The molecule has 0 radical (unpaired) electrons. The number of carbonyl (C=O) groups excluding carboxylic acids is 2. The van der Waals surface area contributed by atoms with Crippen molar-refractivity contribution in [3.05, 3.63) is 33.8 Å². The Morgan fingerprint density at radius 1 is 1.29 bits per heavy atom. The fraction of sp³-hybridized carbons (Fsp3) is 0.438. The van der Waals surface area contributed by atoms with E-state index in [9.17, 15) is 14.4 Å². The molecule has 1 aromatic carbocycles. The number of hydrogen-bond donors (Lipinski definition) is 1. The van der Waals surface area contributed by atoms with Gasteiger partial charge in [-0.1, -0.05) is 23.2 Å². The molecule has 24 heavy (non-hydrogen) atoms.